The minimum atomic E-state index is 0.679. The maximum atomic E-state index is 4.05. The van der Waals surface area contributed by atoms with Gasteiger partial charge >= 0.3 is 0 Å². The van der Waals surface area contributed by atoms with Crippen molar-refractivity contribution in [1.82, 2.24) is 4.90 Å². The Morgan fingerprint density at radius 2 is 2.10 bits per heavy atom. The summed E-state index contributed by atoms with van der Waals surface area (Å²) in [7, 11) is 2.13. The first-order valence-electron chi connectivity index (χ1n) is 4.03. The van der Waals surface area contributed by atoms with Gasteiger partial charge in [0.25, 0.3) is 0 Å². The van der Waals surface area contributed by atoms with Crippen LogP contribution in [0.3, 0.4) is 0 Å². The average molecular weight is 139 g/mol. The maximum Gasteiger partial charge on any atom is 0.0174 e. The molecule has 0 radical (unpaired) electrons. The van der Waals surface area contributed by atoms with E-state index in [1.54, 1.807) is 0 Å². The van der Waals surface area contributed by atoms with Gasteiger partial charge < -0.3 is 4.90 Å². The van der Waals surface area contributed by atoms with E-state index in [0.29, 0.717) is 5.92 Å². The molecule has 1 aliphatic rings. The summed E-state index contributed by atoms with van der Waals surface area (Å²) >= 11 is 0. The topological polar surface area (TPSA) is 3.24 Å². The van der Waals surface area contributed by atoms with Gasteiger partial charge in [-0.1, -0.05) is 20.4 Å². The SMILES string of the molecule is C=C1C(C)C(C)CCN1C. The molecule has 1 heterocycles. The Morgan fingerprint density at radius 1 is 1.50 bits per heavy atom. The second-order valence-corrected chi connectivity index (χ2v) is 3.47. The quantitative estimate of drug-likeness (QED) is 0.497. The van der Waals surface area contributed by atoms with Crippen LogP contribution in [0.4, 0.5) is 0 Å². The third-order valence-corrected chi connectivity index (χ3v) is 2.79. The van der Waals surface area contributed by atoms with E-state index in [4.69, 9.17) is 0 Å². The number of likely N-dealkylation sites (tertiary alicyclic amines) is 1. The Labute approximate surface area is 63.7 Å². The summed E-state index contributed by atoms with van der Waals surface area (Å²) in [6.07, 6.45) is 1.32. The molecule has 0 N–H and O–H groups in total. The maximum absolute atomic E-state index is 4.05. The molecule has 0 aromatic heterocycles. The molecular formula is C9H17N. The van der Waals surface area contributed by atoms with Crippen LogP contribution in [-0.4, -0.2) is 18.5 Å². The van der Waals surface area contributed by atoms with Gasteiger partial charge in [0.1, 0.15) is 0 Å². The zero-order valence-corrected chi connectivity index (χ0v) is 7.22. The molecule has 0 amide bonds. The average Bonchev–Trinajstić information content (AvgIpc) is 1.93. The lowest BCUT2D eigenvalue weighted by atomic mass is 9.86. The first-order valence-corrected chi connectivity index (χ1v) is 4.03. The molecule has 2 atom stereocenters. The largest absolute Gasteiger partial charge is 0.378 e. The highest BCUT2D eigenvalue weighted by atomic mass is 15.1. The molecule has 1 saturated heterocycles. The third kappa shape index (κ3) is 1.18. The molecule has 1 fully saturated rings. The lowest BCUT2D eigenvalue weighted by Gasteiger charge is -2.36. The van der Waals surface area contributed by atoms with Crippen LogP contribution < -0.4 is 0 Å². The fourth-order valence-corrected chi connectivity index (χ4v) is 1.47. The molecule has 58 valence electrons. The van der Waals surface area contributed by atoms with Crippen molar-refractivity contribution in [2.45, 2.75) is 20.3 Å². The van der Waals surface area contributed by atoms with Crippen LogP contribution in [0.25, 0.3) is 0 Å². The molecule has 0 aromatic carbocycles. The number of rotatable bonds is 0. The molecule has 1 aliphatic heterocycles. The normalized spacial score (nSPS) is 34.7. The highest BCUT2D eigenvalue weighted by Crippen LogP contribution is 2.28. The van der Waals surface area contributed by atoms with E-state index in [9.17, 15) is 0 Å². The van der Waals surface area contributed by atoms with Crippen molar-refractivity contribution in [3.05, 3.63) is 12.3 Å². The second-order valence-electron chi connectivity index (χ2n) is 3.47. The predicted octanol–water partition coefficient (Wildman–Crippen LogP) is 2.11. The highest BCUT2D eigenvalue weighted by molar-refractivity contribution is 5.02. The molecule has 0 aliphatic carbocycles. The van der Waals surface area contributed by atoms with Crippen molar-refractivity contribution in [3.63, 3.8) is 0 Å². The highest BCUT2D eigenvalue weighted by Gasteiger charge is 2.22. The molecule has 1 rings (SSSR count). The molecule has 0 aromatic rings. The summed E-state index contributed by atoms with van der Waals surface area (Å²) in [6.45, 7) is 9.81. The molecule has 1 heteroatoms. The summed E-state index contributed by atoms with van der Waals surface area (Å²) in [6, 6.07) is 0. The Kier molecular flexibility index (Phi) is 2.02. The van der Waals surface area contributed by atoms with E-state index in [-0.39, 0.29) is 0 Å². The fourth-order valence-electron chi connectivity index (χ4n) is 1.47. The van der Waals surface area contributed by atoms with Crippen LogP contribution in [-0.2, 0) is 0 Å². The predicted molar refractivity (Wildman–Crippen MR) is 44.7 cm³/mol. The van der Waals surface area contributed by atoms with Crippen molar-refractivity contribution < 1.29 is 0 Å². The van der Waals surface area contributed by atoms with Crippen LogP contribution in [0.1, 0.15) is 20.3 Å². The van der Waals surface area contributed by atoms with Gasteiger partial charge in [0.05, 0.1) is 0 Å². The molecule has 10 heavy (non-hydrogen) atoms. The summed E-state index contributed by atoms with van der Waals surface area (Å²) < 4.78 is 0. The monoisotopic (exact) mass is 139 g/mol. The Balaban J connectivity index is 2.60. The minimum Gasteiger partial charge on any atom is -0.378 e. The zero-order chi connectivity index (χ0) is 7.72. The summed E-state index contributed by atoms with van der Waals surface area (Å²) in [5, 5.41) is 0. The number of hydrogen-bond donors (Lipinski definition) is 0. The third-order valence-electron chi connectivity index (χ3n) is 2.79. The smallest absolute Gasteiger partial charge is 0.0174 e. The van der Waals surface area contributed by atoms with Crippen molar-refractivity contribution >= 4 is 0 Å². The van der Waals surface area contributed by atoms with E-state index in [0.717, 1.165) is 5.92 Å². The van der Waals surface area contributed by atoms with Crippen LogP contribution in [0.15, 0.2) is 12.3 Å². The summed E-state index contributed by atoms with van der Waals surface area (Å²) in [5.74, 6) is 1.50. The van der Waals surface area contributed by atoms with Gasteiger partial charge in [0, 0.05) is 19.3 Å². The molecular weight excluding hydrogens is 122 g/mol. The first-order chi connectivity index (χ1) is 4.63. The van der Waals surface area contributed by atoms with Crippen LogP contribution in [0.5, 0.6) is 0 Å². The van der Waals surface area contributed by atoms with E-state index < -0.39 is 0 Å². The number of piperidine rings is 1. The van der Waals surface area contributed by atoms with E-state index in [1.807, 2.05) is 0 Å². The summed E-state index contributed by atoms with van der Waals surface area (Å²) in [5.41, 5.74) is 1.30. The van der Waals surface area contributed by atoms with Crippen LogP contribution in [0, 0.1) is 11.8 Å². The van der Waals surface area contributed by atoms with Crippen molar-refractivity contribution in [1.29, 1.82) is 0 Å². The number of nitrogens with zero attached hydrogens (tertiary/aromatic N) is 1. The van der Waals surface area contributed by atoms with Gasteiger partial charge in [-0.3, -0.25) is 0 Å². The molecule has 0 bridgehead atoms. The molecule has 0 saturated carbocycles. The van der Waals surface area contributed by atoms with Crippen LogP contribution in [0.2, 0.25) is 0 Å². The number of hydrogen-bond acceptors (Lipinski definition) is 1. The van der Waals surface area contributed by atoms with E-state index >= 15 is 0 Å². The Bertz CT molecular complexity index is 140. The van der Waals surface area contributed by atoms with Gasteiger partial charge in [-0.25, -0.2) is 0 Å². The van der Waals surface area contributed by atoms with Crippen LogP contribution >= 0.6 is 0 Å². The minimum absolute atomic E-state index is 0.679. The fraction of sp³-hybridized carbons (Fsp3) is 0.778. The van der Waals surface area contributed by atoms with Gasteiger partial charge in [-0.05, 0) is 18.3 Å². The number of allylic oxidation sites excluding steroid dienone is 1. The van der Waals surface area contributed by atoms with Gasteiger partial charge in [-0.15, -0.1) is 0 Å². The van der Waals surface area contributed by atoms with E-state index in [2.05, 4.69) is 32.4 Å². The second kappa shape index (κ2) is 2.65. The molecule has 0 spiro atoms. The van der Waals surface area contributed by atoms with Crippen molar-refractivity contribution in [2.24, 2.45) is 11.8 Å². The Morgan fingerprint density at radius 3 is 2.60 bits per heavy atom. The van der Waals surface area contributed by atoms with E-state index in [1.165, 1.54) is 18.7 Å². The zero-order valence-electron chi connectivity index (χ0n) is 7.22. The lowest BCUT2D eigenvalue weighted by Crippen LogP contribution is -2.32. The molecule has 1 nitrogen and oxygen atoms in total. The Hall–Kier alpha value is -0.460. The lowest BCUT2D eigenvalue weighted by molar-refractivity contribution is 0.230. The first kappa shape index (κ1) is 7.64. The molecule has 2 unspecified atom stereocenters. The van der Waals surface area contributed by atoms with Crippen molar-refractivity contribution in [3.8, 4) is 0 Å². The summed E-state index contributed by atoms with van der Waals surface area (Å²) in [4.78, 5) is 2.27. The van der Waals surface area contributed by atoms with Gasteiger partial charge in [0.2, 0.25) is 0 Å². The van der Waals surface area contributed by atoms with Crippen molar-refractivity contribution in [2.75, 3.05) is 13.6 Å². The standard InChI is InChI=1S/C9H17N/c1-7-5-6-10(4)9(3)8(7)2/h7-8H,3,5-6H2,1-2,4H3. The van der Waals surface area contributed by atoms with Gasteiger partial charge in [0.15, 0.2) is 0 Å². The van der Waals surface area contributed by atoms with Gasteiger partial charge in [-0.2, -0.15) is 0 Å².